The molecule has 0 spiro atoms. The summed E-state index contributed by atoms with van der Waals surface area (Å²) in [4.78, 5) is 10.4. The fourth-order valence-corrected chi connectivity index (χ4v) is 19.4. The summed E-state index contributed by atoms with van der Waals surface area (Å²) in [5.74, 6) is 2.96. The Kier molecular flexibility index (Phi) is 7.23. The van der Waals surface area contributed by atoms with Crippen LogP contribution in [0.3, 0.4) is 0 Å². The van der Waals surface area contributed by atoms with Gasteiger partial charge in [-0.25, -0.2) is 9.97 Å². The summed E-state index contributed by atoms with van der Waals surface area (Å²) in [6.07, 6.45) is 0. The first-order valence-corrected chi connectivity index (χ1v) is 28.3. The van der Waals surface area contributed by atoms with Crippen molar-refractivity contribution in [2.75, 3.05) is 0 Å². The maximum absolute atomic E-state index is 8.64. The number of hydrogen-bond donors (Lipinski definition) is 0. The van der Waals surface area contributed by atoms with E-state index in [1.54, 1.807) is 24.3 Å². The van der Waals surface area contributed by atoms with Crippen LogP contribution in [0.5, 0.6) is 11.5 Å². The Morgan fingerprint density at radius 1 is 0.449 bits per heavy atom. The zero-order chi connectivity index (χ0) is 51.2. The Labute approximate surface area is 409 Å². The number of aromatic nitrogens is 6. The summed E-state index contributed by atoms with van der Waals surface area (Å²) in [5.41, 5.74) is 7.56. The number of nitrogens with zero attached hydrogens (tertiary/aromatic N) is 6. The van der Waals surface area contributed by atoms with Crippen LogP contribution in [0.25, 0.3) is 67.1 Å². The highest BCUT2D eigenvalue weighted by Crippen LogP contribution is 2.36. The monoisotopic (exact) mass is 928 g/mol. The maximum atomic E-state index is 8.64. The molecule has 0 fully saturated rings. The highest BCUT2D eigenvalue weighted by molar-refractivity contribution is 7.20. The minimum atomic E-state index is -3.30. The molecule has 4 aromatic heterocycles. The molecule has 0 amide bonds. The lowest BCUT2D eigenvalue weighted by Gasteiger charge is -2.40. The number of aryl methyl sites for hydroxylation is 2. The molecule has 0 N–H and O–H groups in total. The molecular weight excluding hydrogens is 877 g/mol. The molecular formula is C60H46N6OSi2. The number of rotatable bonds is 6. The highest BCUT2D eigenvalue weighted by Gasteiger charge is 2.47. The van der Waals surface area contributed by atoms with E-state index in [0.29, 0.717) is 33.6 Å². The molecule has 0 radical (unpaired) electrons. The van der Waals surface area contributed by atoms with Gasteiger partial charge in [0.15, 0.2) is 8.07 Å². The SMILES string of the molecule is [2H]C([2H])([2H])c1cccc2c1nc1n(-c3ccc4c(c3)n3c5cccc(C([2H])([2H])[2H])c5nc3n4-c3cccc([Si](c4ccccc4)(c4ccccc4)c4cccc5c4Oc4ccccc4[Si]5(C)C)c3)c3ccccc3n21. The molecule has 0 saturated carbocycles. The number of para-hydroxylation sites is 6. The molecule has 0 aliphatic carbocycles. The van der Waals surface area contributed by atoms with Crippen LogP contribution in [0.15, 0.2) is 206 Å². The third kappa shape index (κ3) is 5.48. The third-order valence-electron chi connectivity index (χ3n) is 14.6. The fourth-order valence-electron chi connectivity index (χ4n) is 11.5. The second kappa shape index (κ2) is 14.6. The molecule has 69 heavy (non-hydrogen) atoms. The average molecular weight is 929 g/mol. The molecule has 9 aromatic carbocycles. The summed E-state index contributed by atoms with van der Waals surface area (Å²) in [6, 6.07) is 70.8. The van der Waals surface area contributed by atoms with Gasteiger partial charge in [0.1, 0.15) is 19.6 Å². The molecule has 0 saturated heterocycles. The van der Waals surface area contributed by atoms with Crippen molar-refractivity contribution in [1.29, 1.82) is 0 Å². The summed E-state index contributed by atoms with van der Waals surface area (Å²) in [7, 11) is -5.56. The number of ether oxygens (including phenoxy) is 1. The van der Waals surface area contributed by atoms with Gasteiger partial charge in [-0.3, -0.25) is 17.9 Å². The molecule has 14 rings (SSSR count). The molecule has 330 valence electrons. The van der Waals surface area contributed by atoms with Crippen LogP contribution in [0.4, 0.5) is 0 Å². The summed E-state index contributed by atoms with van der Waals surface area (Å²) < 4.78 is 66.6. The molecule has 9 heteroatoms. The molecule has 0 atom stereocenters. The highest BCUT2D eigenvalue weighted by atomic mass is 28.3. The lowest BCUT2D eigenvalue weighted by Crippen LogP contribution is -2.75. The number of fused-ring (bicyclic) bond motifs is 12. The Morgan fingerprint density at radius 2 is 0.971 bits per heavy atom. The van der Waals surface area contributed by atoms with Crippen molar-refractivity contribution in [2.24, 2.45) is 0 Å². The molecule has 7 nitrogen and oxygen atoms in total. The van der Waals surface area contributed by atoms with Crippen molar-refractivity contribution in [3.63, 3.8) is 0 Å². The molecule has 1 aliphatic heterocycles. The molecule has 13 aromatic rings. The molecule has 5 heterocycles. The van der Waals surface area contributed by atoms with E-state index in [1.807, 2.05) is 40.8 Å². The second-order valence-corrected chi connectivity index (χ2v) is 26.7. The topological polar surface area (TPSA) is 53.7 Å². The Hall–Kier alpha value is -8.25. The predicted molar refractivity (Wildman–Crippen MR) is 289 cm³/mol. The quantitative estimate of drug-likeness (QED) is 0.123. The maximum Gasteiger partial charge on any atom is 0.220 e. The molecule has 0 unspecified atom stereocenters. The van der Waals surface area contributed by atoms with Crippen LogP contribution in [-0.4, -0.2) is 44.1 Å². The zero-order valence-corrected chi connectivity index (χ0v) is 39.7. The standard InChI is InChI=1S/C60H46N6OSi2/c1-39-19-15-29-49-56(39)61-59-64(46-27-11-12-28-47(46)65(49)59)42-35-36-48-51(38-42)66-50-30-16-20-40(2)57(50)62-60(66)63(48)41-21-17-26-45(37-41)69(43-22-7-5-8-23-43,44-24-9-6-10-25-44)55-34-18-33-54-58(55)67-52-31-13-14-32-53(52)68(54,3)4/h5-38H,1-4H3/i1D3,2D3. The summed E-state index contributed by atoms with van der Waals surface area (Å²) in [6.45, 7) is 0.0347. The first kappa shape index (κ1) is 34.1. The van der Waals surface area contributed by atoms with Gasteiger partial charge < -0.3 is 4.74 Å². The van der Waals surface area contributed by atoms with Crippen LogP contribution in [0.2, 0.25) is 13.1 Å². The van der Waals surface area contributed by atoms with Crippen LogP contribution in [-0.2, 0) is 0 Å². The average Bonchev–Trinajstić information content (AvgIpc) is 4.26. The summed E-state index contributed by atoms with van der Waals surface area (Å²) >= 11 is 0. The van der Waals surface area contributed by atoms with Gasteiger partial charge in [0.2, 0.25) is 11.6 Å². The minimum absolute atomic E-state index is 0.169. The first-order chi connectivity index (χ1) is 36.2. The van der Waals surface area contributed by atoms with Gasteiger partial charge in [-0.2, -0.15) is 0 Å². The Morgan fingerprint density at radius 3 is 1.65 bits per heavy atom. The zero-order valence-electron chi connectivity index (χ0n) is 43.7. The van der Waals surface area contributed by atoms with Gasteiger partial charge in [0, 0.05) is 13.9 Å². The molecule has 0 bridgehead atoms. The fraction of sp³-hybridized carbons (Fsp3) is 0.0667. The van der Waals surface area contributed by atoms with Gasteiger partial charge in [-0.15, -0.1) is 0 Å². The number of hydrogen-bond acceptors (Lipinski definition) is 3. The largest absolute Gasteiger partial charge is 0.458 e. The van der Waals surface area contributed by atoms with E-state index in [-0.39, 0.29) is 11.1 Å². The minimum Gasteiger partial charge on any atom is -0.458 e. The van der Waals surface area contributed by atoms with E-state index in [0.717, 1.165) is 55.3 Å². The smallest absolute Gasteiger partial charge is 0.220 e. The van der Waals surface area contributed by atoms with Crippen LogP contribution >= 0.6 is 0 Å². The van der Waals surface area contributed by atoms with Crippen molar-refractivity contribution >= 4 is 103 Å². The Balaban J connectivity index is 1.06. The lowest BCUT2D eigenvalue weighted by molar-refractivity contribution is 0.490. The van der Waals surface area contributed by atoms with E-state index < -0.39 is 29.9 Å². The third-order valence-corrected chi connectivity index (χ3v) is 22.9. The van der Waals surface area contributed by atoms with Crippen molar-refractivity contribution in [2.45, 2.75) is 26.8 Å². The van der Waals surface area contributed by atoms with E-state index >= 15 is 0 Å². The lowest BCUT2D eigenvalue weighted by atomic mass is 10.2. The second-order valence-electron chi connectivity index (χ2n) is 18.6. The predicted octanol–water partition coefficient (Wildman–Crippen LogP) is 10.1. The summed E-state index contributed by atoms with van der Waals surface area (Å²) in [5, 5.41) is 7.23. The van der Waals surface area contributed by atoms with Crippen molar-refractivity contribution in [1.82, 2.24) is 27.9 Å². The van der Waals surface area contributed by atoms with Crippen LogP contribution in [0.1, 0.15) is 19.4 Å². The van der Waals surface area contributed by atoms with Gasteiger partial charge in [0.05, 0.1) is 49.8 Å². The van der Waals surface area contributed by atoms with Crippen molar-refractivity contribution in [3.05, 3.63) is 217 Å². The van der Waals surface area contributed by atoms with Gasteiger partial charge >= 0.3 is 0 Å². The van der Waals surface area contributed by atoms with E-state index in [2.05, 4.69) is 172 Å². The van der Waals surface area contributed by atoms with E-state index in [9.17, 15) is 0 Å². The van der Waals surface area contributed by atoms with Gasteiger partial charge in [0.25, 0.3) is 0 Å². The first-order valence-electron chi connectivity index (χ1n) is 26.3. The van der Waals surface area contributed by atoms with Crippen LogP contribution in [0, 0.1) is 13.7 Å². The van der Waals surface area contributed by atoms with E-state index in [4.69, 9.17) is 22.9 Å². The molecule has 1 aliphatic rings. The van der Waals surface area contributed by atoms with Crippen LogP contribution < -0.4 is 35.9 Å². The number of benzene rings is 9. The van der Waals surface area contributed by atoms with Gasteiger partial charge in [-0.1, -0.05) is 159 Å². The van der Waals surface area contributed by atoms with Crippen molar-refractivity contribution < 1.29 is 13.0 Å². The normalized spacial score (nSPS) is 15.1. The van der Waals surface area contributed by atoms with E-state index in [1.165, 1.54) is 20.7 Å². The number of imidazole rings is 4. The van der Waals surface area contributed by atoms with Gasteiger partial charge in [-0.05, 0) is 117 Å². The Bertz CT molecular complexity index is 4440. The van der Waals surface area contributed by atoms with Crippen molar-refractivity contribution in [3.8, 4) is 22.9 Å².